The van der Waals surface area contributed by atoms with Gasteiger partial charge in [-0.05, 0) is 31.9 Å². The van der Waals surface area contributed by atoms with E-state index < -0.39 is 6.04 Å². The Balaban J connectivity index is 1.79. The highest BCUT2D eigenvalue weighted by atomic mass is 32.2. The zero-order valence-corrected chi connectivity index (χ0v) is 17.5. The number of amides is 2. The fraction of sp³-hybridized carbons (Fsp3) is 0.391. The molecule has 1 aliphatic rings. The van der Waals surface area contributed by atoms with Crippen LogP contribution in [0.1, 0.15) is 44.2 Å². The lowest BCUT2D eigenvalue weighted by molar-refractivity contribution is -0.138. The van der Waals surface area contributed by atoms with Gasteiger partial charge < -0.3 is 10.2 Å². The summed E-state index contributed by atoms with van der Waals surface area (Å²) in [5, 5.41) is 3.02. The molecule has 1 aliphatic heterocycles. The molecule has 2 aromatic rings. The van der Waals surface area contributed by atoms with E-state index in [0.29, 0.717) is 18.1 Å². The van der Waals surface area contributed by atoms with Gasteiger partial charge in [-0.3, -0.25) is 9.59 Å². The van der Waals surface area contributed by atoms with Crippen molar-refractivity contribution < 1.29 is 9.59 Å². The topological polar surface area (TPSA) is 49.4 Å². The van der Waals surface area contributed by atoms with Crippen molar-refractivity contribution in [2.75, 3.05) is 11.6 Å². The molecule has 28 heavy (non-hydrogen) atoms. The molecule has 1 unspecified atom stereocenters. The van der Waals surface area contributed by atoms with Gasteiger partial charge in [-0.2, -0.15) is 0 Å². The normalized spacial score (nSPS) is 17.0. The number of hydrogen-bond donors (Lipinski definition) is 1. The molecule has 3 rings (SSSR count). The van der Waals surface area contributed by atoms with Crippen molar-refractivity contribution in [3.05, 3.63) is 71.8 Å². The smallest absolute Gasteiger partial charge is 0.244 e. The summed E-state index contributed by atoms with van der Waals surface area (Å²) in [7, 11) is 0. The highest BCUT2D eigenvalue weighted by Crippen LogP contribution is 2.31. The number of carbonyl (C=O) groups is 2. The van der Waals surface area contributed by atoms with Gasteiger partial charge in [-0.1, -0.05) is 60.7 Å². The van der Waals surface area contributed by atoms with Gasteiger partial charge in [-0.25, -0.2) is 0 Å². The van der Waals surface area contributed by atoms with E-state index in [1.54, 1.807) is 16.7 Å². The van der Waals surface area contributed by atoms with Gasteiger partial charge in [-0.15, -0.1) is 11.8 Å². The Morgan fingerprint density at radius 3 is 2.07 bits per heavy atom. The molecule has 148 valence electrons. The van der Waals surface area contributed by atoms with Crippen LogP contribution in [0.3, 0.4) is 0 Å². The number of nitrogens with zero attached hydrogens (tertiary/aromatic N) is 1. The minimum absolute atomic E-state index is 0.0215. The summed E-state index contributed by atoms with van der Waals surface area (Å²) < 4.78 is 0. The Kier molecular flexibility index (Phi) is 6.45. The van der Waals surface area contributed by atoms with Crippen LogP contribution in [0.2, 0.25) is 0 Å². The molecule has 0 bridgehead atoms. The average Bonchev–Trinajstić information content (AvgIpc) is 3.16. The van der Waals surface area contributed by atoms with Crippen LogP contribution in [0, 0.1) is 0 Å². The van der Waals surface area contributed by atoms with Crippen LogP contribution in [-0.2, 0) is 9.59 Å². The van der Waals surface area contributed by atoms with Crippen molar-refractivity contribution >= 4 is 23.6 Å². The zero-order chi connectivity index (χ0) is 20.1. The van der Waals surface area contributed by atoms with Crippen molar-refractivity contribution in [2.45, 2.75) is 44.7 Å². The summed E-state index contributed by atoms with van der Waals surface area (Å²) in [5.41, 5.74) is 1.92. The molecule has 0 spiro atoms. The third-order valence-corrected chi connectivity index (χ3v) is 5.80. The highest BCUT2D eigenvalue weighted by molar-refractivity contribution is 7.99. The van der Waals surface area contributed by atoms with Gasteiger partial charge in [0.2, 0.25) is 11.8 Å². The predicted molar refractivity (Wildman–Crippen MR) is 115 cm³/mol. The molecule has 2 amide bonds. The Hall–Kier alpha value is -2.27. The van der Waals surface area contributed by atoms with E-state index in [9.17, 15) is 9.59 Å². The number of benzene rings is 2. The van der Waals surface area contributed by atoms with Crippen LogP contribution >= 0.6 is 11.8 Å². The Morgan fingerprint density at radius 1 is 1.04 bits per heavy atom. The van der Waals surface area contributed by atoms with E-state index >= 15 is 0 Å². The van der Waals surface area contributed by atoms with Crippen LogP contribution in [0.4, 0.5) is 0 Å². The van der Waals surface area contributed by atoms with Crippen molar-refractivity contribution in [1.29, 1.82) is 0 Å². The fourth-order valence-corrected chi connectivity index (χ4v) is 4.63. The van der Waals surface area contributed by atoms with E-state index in [-0.39, 0.29) is 23.3 Å². The van der Waals surface area contributed by atoms with E-state index in [1.165, 1.54) is 0 Å². The first kappa shape index (κ1) is 20.5. The average molecular weight is 397 g/mol. The Labute approximate surface area is 171 Å². The Morgan fingerprint density at radius 2 is 1.57 bits per heavy atom. The van der Waals surface area contributed by atoms with Crippen molar-refractivity contribution in [3.8, 4) is 0 Å². The molecule has 0 aliphatic carbocycles. The Bertz CT molecular complexity index is 763. The first-order valence-corrected chi connectivity index (χ1v) is 10.8. The summed E-state index contributed by atoms with van der Waals surface area (Å²) in [5.74, 6) is 1.15. The van der Waals surface area contributed by atoms with Crippen LogP contribution in [-0.4, -0.2) is 39.9 Å². The largest absolute Gasteiger partial charge is 0.350 e. The summed E-state index contributed by atoms with van der Waals surface area (Å²) in [6.07, 6.45) is 0.355. The van der Waals surface area contributed by atoms with Crippen LogP contribution < -0.4 is 5.32 Å². The number of rotatable bonds is 5. The second-order valence-corrected chi connectivity index (χ2v) is 9.20. The van der Waals surface area contributed by atoms with Gasteiger partial charge >= 0.3 is 0 Å². The molecular formula is C23H28N2O2S. The maximum atomic E-state index is 13.2. The van der Waals surface area contributed by atoms with Gasteiger partial charge in [0, 0.05) is 23.6 Å². The quantitative estimate of drug-likeness (QED) is 0.830. The number of thioether (sulfide) groups is 1. The molecule has 1 saturated heterocycles. The SMILES string of the molecule is CC(C)(C)NC(=O)C1CSCN1C(=O)CC(c1ccccc1)c1ccccc1. The summed E-state index contributed by atoms with van der Waals surface area (Å²) in [4.78, 5) is 27.6. The molecule has 4 nitrogen and oxygen atoms in total. The van der Waals surface area contributed by atoms with E-state index in [2.05, 4.69) is 29.6 Å². The van der Waals surface area contributed by atoms with E-state index in [0.717, 1.165) is 11.1 Å². The maximum Gasteiger partial charge on any atom is 0.244 e. The van der Waals surface area contributed by atoms with E-state index in [4.69, 9.17) is 0 Å². The molecule has 2 aromatic carbocycles. The second kappa shape index (κ2) is 8.82. The van der Waals surface area contributed by atoms with Crippen LogP contribution in [0.25, 0.3) is 0 Å². The standard InChI is InChI=1S/C23H28N2O2S/c1-23(2,3)24-22(27)20-15-28-16-25(20)21(26)14-19(17-10-6-4-7-11-17)18-12-8-5-9-13-18/h4-13,19-20H,14-16H2,1-3H3,(H,24,27). The molecule has 0 saturated carbocycles. The molecule has 1 N–H and O–H groups in total. The van der Waals surface area contributed by atoms with Gasteiger partial charge in [0.15, 0.2) is 0 Å². The first-order chi connectivity index (χ1) is 13.3. The first-order valence-electron chi connectivity index (χ1n) is 9.64. The highest BCUT2D eigenvalue weighted by Gasteiger charge is 2.36. The van der Waals surface area contributed by atoms with Gasteiger partial charge in [0.25, 0.3) is 0 Å². The summed E-state index contributed by atoms with van der Waals surface area (Å²) >= 11 is 1.64. The summed E-state index contributed by atoms with van der Waals surface area (Å²) in [6, 6.07) is 19.8. The maximum absolute atomic E-state index is 13.2. The summed E-state index contributed by atoms with van der Waals surface area (Å²) in [6.45, 7) is 5.87. The predicted octanol–water partition coefficient (Wildman–Crippen LogP) is 4.02. The van der Waals surface area contributed by atoms with Crippen LogP contribution in [0.15, 0.2) is 60.7 Å². The number of carbonyl (C=O) groups excluding carboxylic acids is 2. The number of nitrogens with one attached hydrogen (secondary N) is 1. The lowest BCUT2D eigenvalue weighted by Gasteiger charge is -2.29. The lowest BCUT2D eigenvalue weighted by atomic mass is 9.88. The molecule has 1 fully saturated rings. The van der Waals surface area contributed by atoms with Crippen LogP contribution in [0.5, 0.6) is 0 Å². The third-order valence-electron chi connectivity index (χ3n) is 4.79. The molecule has 0 radical (unpaired) electrons. The second-order valence-electron chi connectivity index (χ2n) is 8.20. The fourth-order valence-electron chi connectivity index (χ4n) is 3.45. The van der Waals surface area contributed by atoms with Crippen molar-refractivity contribution in [3.63, 3.8) is 0 Å². The lowest BCUT2D eigenvalue weighted by Crippen LogP contribution is -2.52. The molecular weight excluding hydrogens is 368 g/mol. The van der Waals surface area contributed by atoms with Gasteiger partial charge in [0.1, 0.15) is 6.04 Å². The van der Waals surface area contributed by atoms with Crippen molar-refractivity contribution in [2.24, 2.45) is 0 Å². The van der Waals surface area contributed by atoms with Gasteiger partial charge in [0.05, 0.1) is 5.88 Å². The molecule has 1 atom stereocenters. The molecule has 1 heterocycles. The third kappa shape index (κ3) is 5.16. The van der Waals surface area contributed by atoms with E-state index in [1.807, 2.05) is 57.2 Å². The van der Waals surface area contributed by atoms with Crippen molar-refractivity contribution in [1.82, 2.24) is 10.2 Å². The minimum atomic E-state index is -0.399. The minimum Gasteiger partial charge on any atom is -0.350 e. The zero-order valence-electron chi connectivity index (χ0n) is 16.7. The monoisotopic (exact) mass is 396 g/mol. The number of hydrogen-bond acceptors (Lipinski definition) is 3. The molecule has 5 heteroatoms. The molecule has 0 aromatic heterocycles.